The van der Waals surface area contributed by atoms with Gasteiger partial charge in [-0.15, -0.1) is 0 Å². The Labute approximate surface area is 136 Å². The Hall–Kier alpha value is -2.68. The highest BCUT2D eigenvalue weighted by Gasteiger charge is 2.43. The SMILES string of the molecule is CC(C=NNC(=O)C1CC1c1ccccc1)=Cc1ccccc1. The minimum Gasteiger partial charge on any atom is -0.273 e. The van der Waals surface area contributed by atoms with Gasteiger partial charge in [0.2, 0.25) is 5.91 Å². The lowest BCUT2D eigenvalue weighted by Gasteiger charge is -2.00. The van der Waals surface area contributed by atoms with E-state index in [1.807, 2.05) is 61.5 Å². The van der Waals surface area contributed by atoms with E-state index < -0.39 is 0 Å². The molecule has 2 atom stereocenters. The molecule has 3 nitrogen and oxygen atoms in total. The first-order valence-electron chi connectivity index (χ1n) is 7.85. The molecule has 1 N–H and O–H groups in total. The van der Waals surface area contributed by atoms with Crippen molar-refractivity contribution in [2.24, 2.45) is 11.0 Å². The van der Waals surface area contributed by atoms with Crippen LogP contribution < -0.4 is 5.43 Å². The van der Waals surface area contributed by atoms with Crippen LogP contribution in [0.25, 0.3) is 6.08 Å². The molecule has 116 valence electrons. The van der Waals surface area contributed by atoms with Crippen molar-refractivity contribution in [3.05, 3.63) is 77.4 Å². The predicted octanol–water partition coefficient (Wildman–Crippen LogP) is 4.00. The van der Waals surface area contributed by atoms with E-state index in [4.69, 9.17) is 0 Å². The smallest absolute Gasteiger partial charge is 0.243 e. The average molecular weight is 304 g/mol. The molecular weight excluding hydrogens is 284 g/mol. The first-order valence-corrected chi connectivity index (χ1v) is 7.85. The molecule has 0 radical (unpaired) electrons. The number of rotatable bonds is 5. The van der Waals surface area contributed by atoms with Crippen LogP contribution in [0.1, 0.15) is 30.4 Å². The number of nitrogens with zero attached hydrogens (tertiary/aromatic N) is 1. The molecule has 3 rings (SSSR count). The summed E-state index contributed by atoms with van der Waals surface area (Å²) < 4.78 is 0. The van der Waals surface area contributed by atoms with Gasteiger partial charge in [-0.1, -0.05) is 66.7 Å². The van der Waals surface area contributed by atoms with E-state index in [9.17, 15) is 4.79 Å². The summed E-state index contributed by atoms with van der Waals surface area (Å²) in [4.78, 5) is 12.1. The van der Waals surface area contributed by atoms with Gasteiger partial charge in [-0.3, -0.25) is 4.79 Å². The van der Waals surface area contributed by atoms with Gasteiger partial charge < -0.3 is 0 Å². The molecule has 2 aromatic rings. The molecule has 0 heterocycles. The molecule has 1 aliphatic carbocycles. The maximum absolute atomic E-state index is 12.1. The summed E-state index contributed by atoms with van der Waals surface area (Å²) in [6, 6.07) is 20.2. The van der Waals surface area contributed by atoms with Crippen LogP contribution in [-0.4, -0.2) is 12.1 Å². The molecule has 2 aromatic carbocycles. The van der Waals surface area contributed by atoms with Crippen LogP contribution in [0.3, 0.4) is 0 Å². The van der Waals surface area contributed by atoms with E-state index in [0.717, 1.165) is 17.6 Å². The third-order valence-electron chi connectivity index (χ3n) is 3.99. The molecule has 0 saturated heterocycles. The number of hydrogen-bond acceptors (Lipinski definition) is 2. The van der Waals surface area contributed by atoms with Crippen LogP contribution in [0.4, 0.5) is 0 Å². The quantitative estimate of drug-likeness (QED) is 0.658. The normalized spacial score (nSPS) is 20.5. The summed E-state index contributed by atoms with van der Waals surface area (Å²) in [5, 5.41) is 4.06. The summed E-state index contributed by atoms with van der Waals surface area (Å²) >= 11 is 0. The lowest BCUT2D eigenvalue weighted by molar-refractivity contribution is -0.122. The fourth-order valence-electron chi connectivity index (χ4n) is 2.68. The zero-order chi connectivity index (χ0) is 16.1. The number of amides is 1. The minimum absolute atomic E-state index is 0.00242. The maximum atomic E-state index is 12.1. The van der Waals surface area contributed by atoms with Gasteiger partial charge in [0.1, 0.15) is 0 Å². The highest BCUT2D eigenvalue weighted by atomic mass is 16.2. The van der Waals surface area contributed by atoms with Crippen molar-refractivity contribution in [3.8, 4) is 0 Å². The van der Waals surface area contributed by atoms with Crippen molar-refractivity contribution in [1.29, 1.82) is 0 Å². The molecule has 1 amide bonds. The van der Waals surface area contributed by atoms with Gasteiger partial charge in [0, 0.05) is 5.92 Å². The minimum atomic E-state index is 0.00242. The lowest BCUT2D eigenvalue weighted by atomic mass is 10.1. The second-order valence-electron chi connectivity index (χ2n) is 5.89. The third kappa shape index (κ3) is 4.16. The van der Waals surface area contributed by atoms with Crippen LogP contribution in [0, 0.1) is 5.92 Å². The Morgan fingerprint density at radius 3 is 2.43 bits per heavy atom. The second kappa shape index (κ2) is 7.05. The lowest BCUT2D eigenvalue weighted by Crippen LogP contribution is -2.20. The average Bonchev–Trinajstić information content (AvgIpc) is 3.37. The molecule has 1 aliphatic rings. The molecule has 3 heteroatoms. The molecule has 1 saturated carbocycles. The van der Waals surface area contributed by atoms with E-state index in [-0.39, 0.29) is 11.8 Å². The van der Waals surface area contributed by atoms with Gasteiger partial charge in [-0.05, 0) is 36.0 Å². The Bertz CT molecular complexity index is 720. The molecule has 0 bridgehead atoms. The molecular formula is C20H20N2O. The molecule has 1 fully saturated rings. The number of benzene rings is 2. The van der Waals surface area contributed by atoms with Crippen LogP contribution in [0.2, 0.25) is 0 Å². The van der Waals surface area contributed by atoms with Gasteiger partial charge in [0.25, 0.3) is 0 Å². The number of nitrogens with one attached hydrogen (secondary N) is 1. The maximum Gasteiger partial charge on any atom is 0.243 e. The number of hydrazone groups is 1. The fraction of sp³-hybridized carbons (Fsp3) is 0.200. The second-order valence-corrected chi connectivity index (χ2v) is 5.89. The Kier molecular flexibility index (Phi) is 4.67. The number of carbonyl (C=O) groups excluding carboxylic acids is 1. The standard InChI is InChI=1S/C20H20N2O/c1-15(12-16-8-4-2-5-9-16)14-21-22-20(23)19-13-18(19)17-10-6-3-7-11-17/h2-12,14,18-19H,13H2,1H3,(H,22,23). The first kappa shape index (κ1) is 15.2. The Morgan fingerprint density at radius 2 is 1.74 bits per heavy atom. The number of carbonyl (C=O) groups is 1. The summed E-state index contributed by atoms with van der Waals surface area (Å²) in [7, 11) is 0. The topological polar surface area (TPSA) is 41.5 Å². The highest BCUT2D eigenvalue weighted by molar-refractivity contribution is 5.87. The highest BCUT2D eigenvalue weighted by Crippen LogP contribution is 2.47. The van der Waals surface area contributed by atoms with E-state index in [1.54, 1.807) is 6.21 Å². The predicted molar refractivity (Wildman–Crippen MR) is 94.0 cm³/mol. The summed E-state index contributed by atoms with van der Waals surface area (Å²) in [6.45, 7) is 1.96. The van der Waals surface area contributed by atoms with E-state index in [2.05, 4.69) is 22.7 Å². The zero-order valence-corrected chi connectivity index (χ0v) is 13.1. The van der Waals surface area contributed by atoms with Gasteiger partial charge in [-0.25, -0.2) is 5.43 Å². The fourth-order valence-corrected chi connectivity index (χ4v) is 2.68. The molecule has 0 aromatic heterocycles. The van der Waals surface area contributed by atoms with E-state index >= 15 is 0 Å². The Morgan fingerprint density at radius 1 is 1.09 bits per heavy atom. The van der Waals surface area contributed by atoms with Crippen LogP contribution >= 0.6 is 0 Å². The monoisotopic (exact) mass is 304 g/mol. The largest absolute Gasteiger partial charge is 0.273 e. The Balaban J connectivity index is 1.51. The van der Waals surface area contributed by atoms with E-state index in [1.165, 1.54) is 5.56 Å². The van der Waals surface area contributed by atoms with Crippen molar-refractivity contribution < 1.29 is 4.79 Å². The van der Waals surface area contributed by atoms with Gasteiger partial charge in [0.15, 0.2) is 0 Å². The van der Waals surface area contributed by atoms with Crippen LogP contribution in [-0.2, 0) is 4.79 Å². The van der Waals surface area contributed by atoms with E-state index in [0.29, 0.717) is 5.92 Å². The summed E-state index contributed by atoms with van der Waals surface area (Å²) in [5.41, 5.74) is 6.00. The van der Waals surface area contributed by atoms with Gasteiger partial charge in [0.05, 0.1) is 6.21 Å². The van der Waals surface area contributed by atoms with Crippen molar-refractivity contribution in [2.45, 2.75) is 19.3 Å². The zero-order valence-electron chi connectivity index (χ0n) is 13.1. The third-order valence-corrected chi connectivity index (χ3v) is 3.99. The molecule has 0 spiro atoms. The molecule has 0 aliphatic heterocycles. The van der Waals surface area contributed by atoms with Crippen LogP contribution in [0.15, 0.2) is 71.3 Å². The summed E-state index contributed by atoms with van der Waals surface area (Å²) in [6.07, 6.45) is 4.62. The van der Waals surface area contributed by atoms with Crippen molar-refractivity contribution in [1.82, 2.24) is 5.43 Å². The van der Waals surface area contributed by atoms with Crippen molar-refractivity contribution in [2.75, 3.05) is 0 Å². The van der Waals surface area contributed by atoms with Crippen LogP contribution in [0.5, 0.6) is 0 Å². The van der Waals surface area contributed by atoms with Crippen molar-refractivity contribution >= 4 is 18.2 Å². The van der Waals surface area contributed by atoms with Gasteiger partial charge in [-0.2, -0.15) is 5.10 Å². The number of allylic oxidation sites excluding steroid dienone is 1. The van der Waals surface area contributed by atoms with Gasteiger partial charge >= 0.3 is 0 Å². The molecule has 2 unspecified atom stereocenters. The van der Waals surface area contributed by atoms with Crippen molar-refractivity contribution in [3.63, 3.8) is 0 Å². The molecule has 23 heavy (non-hydrogen) atoms. The summed E-state index contributed by atoms with van der Waals surface area (Å²) in [5.74, 6) is 0.392. The number of hydrogen-bond donors (Lipinski definition) is 1. The first-order chi connectivity index (χ1) is 11.2.